The zero-order chi connectivity index (χ0) is 15.1. The molecule has 1 aliphatic carbocycles. The predicted octanol–water partition coefficient (Wildman–Crippen LogP) is 2.50. The molecule has 21 heavy (non-hydrogen) atoms. The van der Waals surface area contributed by atoms with Crippen LogP contribution in [0.3, 0.4) is 0 Å². The Morgan fingerprint density at radius 2 is 1.81 bits per heavy atom. The van der Waals surface area contributed by atoms with Gasteiger partial charge in [-0.2, -0.15) is 0 Å². The summed E-state index contributed by atoms with van der Waals surface area (Å²) in [5.41, 5.74) is 0.574. The molecule has 2 rings (SSSR count). The van der Waals surface area contributed by atoms with Crippen LogP contribution in [0.4, 0.5) is 0 Å². The third-order valence-electron chi connectivity index (χ3n) is 4.07. The lowest BCUT2D eigenvalue weighted by atomic mass is 9.89. The van der Waals surface area contributed by atoms with Crippen LogP contribution in [-0.2, 0) is 4.79 Å². The van der Waals surface area contributed by atoms with Gasteiger partial charge in [0.2, 0.25) is 5.91 Å². The number of carbonyl (C=O) groups is 2. The Labute approximate surface area is 126 Å². The van der Waals surface area contributed by atoms with Crippen molar-refractivity contribution in [2.75, 3.05) is 6.54 Å². The van der Waals surface area contributed by atoms with Crippen LogP contribution in [0.15, 0.2) is 30.3 Å². The molecule has 1 aliphatic rings. The minimum Gasteiger partial charge on any atom is -0.354 e. The van der Waals surface area contributed by atoms with Gasteiger partial charge < -0.3 is 10.6 Å². The van der Waals surface area contributed by atoms with Gasteiger partial charge in [-0.1, -0.05) is 37.5 Å². The molecule has 4 heteroatoms. The van der Waals surface area contributed by atoms with Crippen molar-refractivity contribution in [3.05, 3.63) is 35.9 Å². The van der Waals surface area contributed by atoms with Crippen LogP contribution in [0.2, 0.25) is 0 Å². The van der Waals surface area contributed by atoms with Crippen LogP contribution in [0.25, 0.3) is 0 Å². The average molecular weight is 288 g/mol. The molecule has 0 bridgehead atoms. The number of rotatable bonds is 5. The minimum absolute atomic E-state index is 0.107. The number of amides is 2. The molecule has 0 radical (unpaired) electrons. The fraction of sp³-hybridized carbons (Fsp3) is 0.529. The minimum atomic E-state index is -0.513. The molecule has 0 aromatic heterocycles. The third-order valence-corrected chi connectivity index (χ3v) is 4.07. The van der Waals surface area contributed by atoms with Gasteiger partial charge in [-0.3, -0.25) is 9.59 Å². The monoisotopic (exact) mass is 288 g/mol. The summed E-state index contributed by atoms with van der Waals surface area (Å²) < 4.78 is 0. The van der Waals surface area contributed by atoms with Gasteiger partial charge >= 0.3 is 0 Å². The van der Waals surface area contributed by atoms with E-state index in [0.717, 1.165) is 6.54 Å². The van der Waals surface area contributed by atoms with Crippen molar-refractivity contribution in [3.8, 4) is 0 Å². The smallest absolute Gasteiger partial charge is 0.251 e. The molecule has 1 saturated carbocycles. The molecule has 1 atom stereocenters. The van der Waals surface area contributed by atoms with Gasteiger partial charge in [0.25, 0.3) is 5.91 Å². The largest absolute Gasteiger partial charge is 0.354 e. The Morgan fingerprint density at radius 1 is 1.14 bits per heavy atom. The van der Waals surface area contributed by atoms with Crippen LogP contribution < -0.4 is 10.6 Å². The number of hydrogen-bond donors (Lipinski definition) is 2. The van der Waals surface area contributed by atoms with E-state index >= 15 is 0 Å². The highest BCUT2D eigenvalue weighted by molar-refractivity contribution is 5.97. The molecule has 0 unspecified atom stereocenters. The Hall–Kier alpha value is -1.84. The summed E-state index contributed by atoms with van der Waals surface area (Å²) in [6.45, 7) is 2.45. The number of benzene rings is 1. The highest BCUT2D eigenvalue weighted by Gasteiger charge is 2.19. The molecule has 0 saturated heterocycles. The van der Waals surface area contributed by atoms with Crippen molar-refractivity contribution in [2.24, 2.45) is 5.92 Å². The van der Waals surface area contributed by atoms with Crippen molar-refractivity contribution in [2.45, 2.75) is 45.1 Å². The second-order valence-electron chi connectivity index (χ2n) is 5.81. The molecule has 2 amide bonds. The maximum Gasteiger partial charge on any atom is 0.251 e. The second kappa shape index (κ2) is 7.81. The molecular formula is C17H24N2O2. The summed E-state index contributed by atoms with van der Waals surface area (Å²) in [4.78, 5) is 24.0. The van der Waals surface area contributed by atoms with Gasteiger partial charge in [0, 0.05) is 12.1 Å². The van der Waals surface area contributed by atoms with Gasteiger partial charge in [0.15, 0.2) is 0 Å². The van der Waals surface area contributed by atoms with E-state index in [1.54, 1.807) is 19.1 Å². The molecular weight excluding hydrogens is 264 g/mol. The van der Waals surface area contributed by atoms with Gasteiger partial charge in [-0.25, -0.2) is 0 Å². The summed E-state index contributed by atoms with van der Waals surface area (Å²) >= 11 is 0. The number of carbonyl (C=O) groups excluding carboxylic acids is 2. The van der Waals surface area contributed by atoms with Gasteiger partial charge in [-0.05, 0) is 37.8 Å². The van der Waals surface area contributed by atoms with Crippen LogP contribution in [-0.4, -0.2) is 24.4 Å². The molecule has 0 aliphatic heterocycles. The van der Waals surface area contributed by atoms with Crippen molar-refractivity contribution in [1.29, 1.82) is 0 Å². The van der Waals surface area contributed by atoms with E-state index in [-0.39, 0.29) is 11.8 Å². The normalized spacial score (nSPS) is 17.0. The maximum atomic E-state index is 12.0. The van der Waals surface area contributed by atoms with Crippen molar-refractivity contribution in [3.63, 3.8) is 0 Å². The molecule has 0 heterocycles. The van der Waals surface area contributed by atoms with E-state index in [1.165, 1.54) is 32.1 Å². The maximum absolute atomic E-state index is 12.0. The van der Waals surface area contributed by atoms with E-state index in [2.05, 4.69) is 10.6 Å². The first-order valence-electron chi connectivity index (χ1n) is 7.80. The highest BCUT2D eigenvalue weighted by Crippen LogP contribution is 2.22. The first kappa shape index (κ1) is 15.5. The molecule has 4 nitrogen and oxygen atoms in total. The molecule has 1 fully saturated rings. The first-order valence-corrected chi connectivity index (χ1v) is 7.80. The summed E-state index contributed by atoms with van der Waals surface area (Å²) in [6.07, 6.45) is 6.24. The fourth-order valence-electron chi connectivity index (χ4n) is 2.72. The van der Waals surface area contributed by atoms with Crippen LogP contribution >= 0.6 is 0 Å². The van der Waals surface area contributed by atoms with Crippen molar-refractivity contribution >= 4 is 11.8 Å². The molecule has 0 spiro atoms. The summed E-state index contributed by atoms with van der Waals surface area (Å²) in [5, 5.41) is 5.69. The molecule has 1 aromatic carbocycles. The van der Waals surface area contributed by atoms with E-state index in [0.29, 0.717) is 11.5 Å². The SMILES string of the molecule is C[C@H](NC(=O)c1ccccc1)C(=O)NCC1CCCCC1. The van der Waals surface area contributed by atoms with E-state index in [9.17, 15) is 9.59 Å². The Kier molecular flexibility index (Phi) is 5.78. The highest BCUT2D eigenvalue weighted by atomic mass is 16.2. The lowest BCUT2D eigenvalue weighted by Gasteiger charge is -2.23. The second-order valence-corrected chi connectivity index (χ2v) is 5.81. The number of nitrogens with one attached hydrogen (secondary N) is 2. The third kappa shape index (κ3) is 4.88. The summed E-state index contributed by atoms with van der Waals surface area (Å²) in [7, 11) is 0. The zero-order valence-corrected chi connectivity index (χ0v) is 12.6. The summed E-state index contributed by atoms with van der Waals surface area (Å²) in [5.74, 6) is 0.278. The molecule has 1 aromatic rings. The molecule has 114 valence electrons. The first-order chi connectivity index (χ1) is 10.2. The van der Waals surface area contributed by atoms with Gasteiger partial charge in [0.05, 0.1) is 0 Å². The Balaban J connectivity index is 1.75. The lowest BCUT2D eigenvalue weighted by Crippen LogP contribution is -2.46. The van der Waals surface area contributed by atoms with Gasteiger partial charge in [0.1, 0.15) is 6.04 Å². The van der Waals surface area contributed by atoms with E-state index in [1.807, 2.05) is 18.2 Å². The lowest BCUT2D eigenvalue weighted by molar-refractivity contribution is -0.122. The summed E-state index contributed by atoms with van der Waals surface area (Å²) in [6, 6.07) is 8.44. The molecule has 2 N–H and O–H groups in total. The van der Waals surface area contributed by atoms with Crippen molar-refractivity contribution in [1.82, 2.24) is 10.6 Å². The van der Waals surface area contributed by atoms with Gasteiger partial charge in [-0.15, -0.1) is 0 Å². The number of hydrogen-bond acceptors (Lipinski definition) is 2. The van der Waals surface area contributed by atoms with E-state index < -0.39 is 6.04 Å². The van der Waals surface area contributed by atoms with Crippen molar-refractivity contribution < 1.29 is 9.59 Å². The Morgan fingerprint density at radius 3 is 2.48 bits per heavy atom. The van der Waals surface area contributed by atoms with Crippen LogP contribution in [0.5, 0.6) is 0 Å². The Bertz CT molecular complexity index is 467. The quantitative estimate of drug-likeness (QED) is 0.874. The topological polar surface area (TPSA) is 58.2 Å². The van der Waals surface area contributed by atoms with E-state index in [4.69, 9.17) is 0 Å². The fourth-order valence-corrected chi connectivity index (χ4v) is 2.72. The standard InChI is InChI=1S/C17H24N2O2/c1-13(19-17(21)15-10-6-3-7-11-15)16(20)18-12-14-8-4-2-5-9-14/h3,6-7,10-11,13-14H,2,4-5,8-9,12H2,1H3,(H,18,20)(H,19,21)/t13-/m0/s1. The van der Waals surface area contributed by atoms with Crippen LogP contribution in [0.1, 0.15) is 49.4 Å². The zero-order valence-electron chi connectivity index (χ0n) is 12.6. The average Bonchev–Trinajstić information content (AvgIpc) is 2.54. The van der Waals surface area contributed by atoms with Crippen LogP contribution in [0, 0.1) is 5.92 Å². The predicted molar refractivity (Wildman–Crippen MR) is 83.0 cm³/mol.